The smallest absolute Gasteiger partial charge is 0.165 e. The number of ether oxygens (including phenoxy) is 2. The van der Waals surface area contributed by atoms with Crippen molar-refractivity contribution in [3.8, 4) is 11.5 Å². The van der Waals surface area contributed by atoms with Crippen LogP contribution in [0.1, 0.15) is 5.56 Å². The number of aromatic nitrogens is 1. The first-order valence-corrected chi connectivity index (χ1v) is 6.59. The largest absolute Gasteiger partial charge is 0.493 e. The summed E-state index contributed by atoms with van der Waals surface area (Å²) >= 11 is 3.31. The van der Waals surface area contributed by atoms with Crippen molar-refractivity contribution in [2.24, 2.45) is 0 Å². The van der Waals surface area contributed by atoms with E-state index < -0.39 is 0 Å². The Labute approximate surface area is 120 Å². The molecule has 0 unspecified atom stereocenters. The van der Waals surface area contributed by atoms with Gasteiger partial charge in [-0.1, -0.05) is 12.1 Å². The lowest BCUT2D eigenvalue weighted by Crippen LogP contribution is -2.03. The summed E-state index contributed by atoms with van der Waals surface area (Å²) in [6, 6.07) is 9.68. The molecule has 2 aromatic rings. The molecular formula is C14H15BrN2O2. The van der Waals surface area contributed by atoms with Gasteiger partial charge in [-0.05, 0) is 34.1 Å². The van der Waals surface area contributed by atoms with Crippen molar-refractivity contribution in [1.82, 2.24) is 4.98 Å². The topological polar surface area (TPSA) is 43.4 Å². The molecule has 2 rings (SSSR count). The molecular weight excluding hydrogens is 308 g/mol. The van der Waals surface area contributed by atoms with Crippen LogP contribution in [0.4, 0.5) is 5.69 Å². The third-order valence-corrected chi connectivity index (χ3v) is 3.16. The van der Waals surface area contributed by atoms with Gasteiger partial charge in [0.1, 0.15) is 4.60 Å². The summed E-state index contributed by atoms with van der Waals surface area (Å²) in [4.78, 5) is 4.17. The number of methoxy groups -OCH3 is 2. The fourth-order valence-electron chi connectivity index (χ4n) is 1.77. The van der Waals surface area contributed by atoms with Crippen molar-refractivity contribution < 1.29 is 9.47 Å². The molecule has 0 saturated heterocycles. The van der Waals surface area contributed by atoms with Crippen LogP contribution in [-0.4, -0.2) is 19.2 Å². The summed E-state index contributed by atoms with van der Waals surface area (Å²) in [5.41, 5.74) is 1.98. The molecule has 0 aliphatic rings. The predicted molar refractivity (Wildman–Crippen MR) is 78.8 cm³/mol. The van der Waals surface area contributed by atoms with E-state index in [1.54, 1.807) is 20.4 Å². The maximum Gasteiger partial charge on any atom is 0.165 e. The number of rotatable bonds is 5. The van der Waals surface area contributed by atoms with Crippen LogP contribution < -0.4 is 14.8 Å². The molecule has 1 aromatic heterocycles. The monoisotopic (exact) mass is 322 g/mol. The number of halogens is 1. The number of hydrogen-bond acceptors (Lipinski definition) is 4. The quantitative estimate of drug-likeness (QED) is 0.856. The van der Waals surface area contributed by atoms with E-state index in [0.717, 1.165) is 27.4 Å². The van der Waals surface area contributed by atoms with E-state index in [2.05, 4.69) is 26.2 Å². The van der Waals surface area contributed by atoms with Crippen LogP contribution in [0, 0.1) is 0 Å². The van der Waals surface area contributed by atoms with E-state index in [1.807, 2.05) is 30.3 Å². The maximum absolute atomic E-state index is 5.39. The van der Waals surface area contributed by atoms with Gasteiger partial charge in [-0.15, -0.1) is 0 Å². The van der Waals surface area contributed by atoms with Gasteiger partial charge in [0.05, 0.1) is 26.1 Å². The summed E-state index contributed by atoms with van der Waals surface area (Å²) in [7, 11) is 3.27. The Morgan fingerprint density at radius 3 is 2.63 bits per heavy atom. The fourth-order valence-corrected chi connectivity index (χ4v) is 2.01. The molecule has 100 valence electrons. The molecule has 1 N–H and O–H groups in total. The number of para-hydroxylation sites is 1. The lowest BCUT2D eigenvalue weighted by molar-refractivity contribution is 0.352. The molecule has 4 nitrogen and oxygen atoms in total. The zero-order chi connectivity index (χ0) is 13.7. The lowest BCUT2D eigenvalue weighted by Gasteiger charge is -2.13. The van der Waals surface area contributed by atoms with E-state index in [1.165, 1.54) is 0 Å². The van der Waals surface area contributed by atoms with Crippen LogP contribution in [0.2, 0.25) is 0 Å². The standard InChI is InChI=1S/C14H15BrN2O2/c1-18-12-5-3-4-10(14(12)19-2)8-16-11-6-7-13(15)17-9-11/h3-7,9,16H,8H2,1-2H3. The highest BCUT2D eigenvalue weighted by molar-refractivity contribution is 9.10. The first-order chi connectivity index (χ1) is 9.24. The van der Waals surface area contributed by atoms with Crippen molar-refractivity contribution in [2.75, 3.05) is 19.5 Å². The number of nitrogens with zero attached hydrogens (tertiary/aromatic N) is 1. The van der Waals surface area contributed by atoms with Gasteiger partial charge in [0.15, 0.2) is 11.5 Å². The van der Waals surface area contributed by atoms with Crippen molar-refractivity contribution >= 4 is 21.6 Å². The lowest BCUT2D eigenvalue weighted by atomic mass is 10.2. The van der Waals surface area contributed by atoms with E-state index in [4.69, 9.17) is 9.47 Å². The van der Waals surface area contributed by atoms with Crippen molar-refractivity contribution in [1.29, 1.82) is 0 Å². The van der Waals surface area contributed by atoms with Crippen molar-refractivity contribution in [3.63, 3.8) is 0 Å². The zero-order valence-corrected chi connectivity index (χ0v) is 12.4. The molecule has 0 fully saturated rings. The Morgan fingerprint density at radius 2 is 2.00 bits per heavy atom. The second-order valence-corrected chi connectivity index (χ2v) is 4.69. The molecule has 0 amide bonds. The van der Waals surface area contributed by atoms with Gasteiger partial charge in [0.25, 0.3) is 0 Å². The van der Waals surface area contributed by atoms with Crippen LogP contribution in [-0.2, 0) is 6.54 Å². The van der Waals surface area contributed by atoms with E-state index in [-0.39, 0.29) is 0 Å². The Balaban J connectivity index is 2.13. The van der Waals surface area contributed by atoms with Gasteiger partial charge in [0, 0.05) is 12.1 Å². The molecule has 1 aromatic carbocycles. The number of anilines is 1. The van der Waals surface area contributed by atoms with Crippen LogP contribution >= 0.6 is 15.9 Å². The Morgan fingerprint density at radius 1 is 1.16 bits per heavy atom. The Kier molecular flexibility index (Phi) is 4.63. The minimum atomic E-state index is 0.643. The Bertz CT molecular complexity index is 544. The average molecular weight is 323 g/mol. The third-order valence-electron chi connectivity index (χ3n) is 2.69. The maximum atomic E-state index is 5.39. The highest BCUT2D eigenvalue weighted by Gasteiger charge is 2.08. The summed E-state index contributed by atoms with van der Waals surface area (Å²) in [6.07, 6.45) is 1.77. The SMILES string of the molecule is COc1cccc(CNc2ccc(Br)nc2)c1OC. The van der Waals surface area contributed by atoms with Gasteiger partial charge in [-0.3, -0.25) is 0 Å². The summed E-state index contributed by atoms with van der Waals surface area (Å²) < 4.78 is 11.5. The number of hydrogen-bond donors (Lipinski definition) is 1. The Hall–Kier alpha value is -1.75. The van der Waals surface area contributed by atoms with Crippen LogP contribution in [0.25, 0.3) is 0 Å². The van der Waals surface area contributed by atoms with Gasteiger partial charge in [-0.25, -0.2) is 4.98 Å². The molecule has 0 saturated carbocycles. The molecule has 5 heteroatoms. The molecule has 0 atom stereocenters. The van der Waals surface area contributed by atoms with Gasteiger partial charge >= 0.3 is 0 Å². The second kappa shape index (κ2) is 6.43. The second-order valence-electron chi connectivity index (χ2n) is 3.88. The number of nitrogens with one attached hydrogen (secondary N) is 1. The molecule has 1 heterocycles. The molecule has 0 aliphatic carbocycles. The molecule has 0 spiro atoms. The van der Waals surface area contributed by atoms with E-state index >= 15 is 0 Å². The first-order valence-electron chi connectivity index (χ1n) is 5.80. The van der Waals surface area contributed by atoms with E-state index in [9.17, 15) is 0 Å². The molecule has 0 bridgehead atoms. The minimum Gasteiger partial charge on any atom is -0.493 e. The summed E-state index contributed by atoms with van der Waals surface area (Å²) in [5.74, 6) is 1.48. The predicted octanol–water partition coefficient (Wildman–Crippen LogP) is 3.47. The first kappa shape index (κ1) is 13.7. The molecule has 19 heavy (non-hydrogen) atoms. The van der Waals surface area contributed by atoms with Crippen LogP contribution in [0.5, 0.6) is 11.5 Å². The fraction of sp³-hybridized carbons (Fsp3) is 0.214. The van der Waals surface area contributed by atoms with Gasteiger partial charge in [0.2, 0.25) is 0 Å². The minimum absolute atomic E-state index is 0.643. The highest BCUT2D eigenvalue weighted by Crippen LogP contribution is 2.31. The number of pyridine rings is 1. The third kappa shape index (κ3) is 3.38. The number of benzene rings is 1. The molecule has 0 aliphatic heterocycles. The van der Waals surface area contributed by atoms with E-state index in [0.29, 0.717) is 6.54 Å². The van der Waals surface area contributed by atoms with Crippen molar-refractivity contribution in [2.45, 2.75) is 6.54 Å². The summed E-state index contributed by atoms with van der Waals surface area (Å²) in [6.45, 7) is 0.643. The van der Waals surface area contributed by atoms with Gasteiger partial charge in [-0.2, -0.15) is 0 Å². The van der Waals surface area contributed by atoms with Gasteiger partial charge < -0.3 is 14.8 Å². The average Bonchev–Trinajstić information content (AvgIpc) is 2.46. The van der Waals surface area contributed by atoms with Crippen molar-refractivity contribution in [3.05, 3.63) is 46.7 Å². The molecule has 0 radical (unpaired) electrons. The van der Waals surface area contributed by atoms with Crippen LogP contribution in [0.15, 0.2) is 41.1 Å². The van der Waals surface area contributed by atoms with Crippen LogP contribution in [0.3, 0.4) is 0 Å². The normalized spacial score (nSPS) is 10.1. The highest BCUT2D eigenvalue weighted by atomic mass is 79.9. The zero-order valence-electron chi connectivity index (χ0n) is 10.8. The summed E-state index contributed by atoms with van der Waals surface area (Å²) in [5, 5.41) is 3.30.